The zero-order valence-corrected chi connectivity index (χ0v) is 11.4. The van der Waals surface area contributed by atoms with Crippen LogP contribution in [-0.4, -0.2) is 41.8 Å². The number of likely N-dealkylation sites (tertiary alicyclic amines) is 1. The zero-order chi connectivity index (χ0) is 13.9. The predicted molar refractivity (Wildman–Crippen MR) is 67.1 cm³/mol. The number of amides is 1. The maximum atomic E-state index is 12.1. The highest BCUT2D eigenvalue weighted by atomic mass is 16.6. The molecule has 0 aliphatic carbocycles. The van der Waals surface area contributed by atoms with E-state index >= 15 is 0 Å². The Balaban J connectivity index is 2.87. The molecule has 1 fully saturated rings. The van der Waals surface area contributed by atoms with Crippen LogP contribution in [0.3, 0.4) is 0 Å². The predicted octanol–water partition coefficient (Wildman–Crippen LogP) is 2.11. The molecule has 1 heterocycles. The van der Waals surface area contributed by atoms with Gasteiger partial charge in [0.1, 0.15) is 11.6 Å². The quantitative estimate of drug-likeness (QED) is 0.560. The van der Waals surface area contributed by atoms with Gasteiger partial charge in [0.2, 0.25) is 0 Å². The summed E-state index contributed by atoms with van der Waals surface area (Å²) in [4.78, 5) is 25.2. The van der Waals surface area contributed by atoms with Crippen LogP contribution in [0.15, 0.2) is 12.7 Å². The second-order valence-electron chi connectivity index (χ2n) is 5.31. The minimum absolute atomic E-state index is 0.177. The number of carbonyl (C=O) groups excluding carboxylic acids is 2. The zero-order valence-electron chi connectivity index (χ0n) is 11.4. The molecular formula is C13H21NO4. The van der Waals surface area contributed by atoms with Gasteiger partial charge in [0, 0.05) is 0 Å². The van der Waals surface area contributed by atoms with Gasteiger partial charge in [-0.15, -0.1) is 6.58 Å². The molecule has 0 bridgehead atoms. The number of esters is 1. The molecular weight excluding hydrogens is 234 g/mol. The number of rotatable bonds is 2. The third-order valence-corrected chi connectivity index (χ3v) is 2.78. The Labute approximate surface area is 108 Å². The summed E-state index contributed by atoms with van der Waals surface area (Å²) in [5.74, 6) is -0.412. The number of carbonyl (C=O) groups is 2. The van der Waals surface area contributed by atoms with Crippen LogP contribution in [0.4, 0.5) is 4.79 Å². The fraction of sp³-hybridized carbons (Fsp3) is 0.692. The molecule has 1 aliphatic heterocycles. The first kappa shape index (κ1) is 14.5. The third kappa shape index (κ3) is 3.24. The fourth-order valence-corrected chi connectivity index (χ4v) is 2.01. The molecule has 0 spiro atoms. The highest BCUT2D eigenvalue weighted by Gasteiger charge is 2.42. The molecule has 1 amide bonds. The van der Waals surface area contributed by atoms with Crippen LogP contribution in [-0.2, 0) is 14.3 Å². The molecule has 18 heavy (non-hydrogen) atoms. The average Bonchev–Trinajstić information content (AvgIpc) is 2.69. The lowest BCUT2D eigenvalue weighted by Gasteiger charge is -2.30. The number of hydrogen-bond donors (Lipinski definition) is 0. The van der Waals surface area contributed by atoms with E-state index in [0.717, 1.165) is 0 Å². The summed E-state index contributed by atoms with van der Waals surface area (Å²) in [6, 6.07) is -0.753. The lowest BCUT2D eigenvalue weighted by atomic mass is 10.2. The van der Waals surface area contributed by atoms with Crippen molar-refractivity contribution in [2.24, 2.45) is 0 Å². The van der Waals surface area contributed by atoms with Crippen LogP contribution >= 0.6 is 0 Å². The Morgan fingerprint density at radius 1 is 1.33 bits per heavy atom. The van der Waals surface area contributed by atoms with Crippen molar-refractivity contribution in [1.82, 2.24) is 4.90 Å². The molecule has 1 aliphatic rings. The first-order valence-corrected chi connectivity index (χ1v) is 6.02. The Kier molecular flexibility index (Phi) is 4.38. The Morgan fingerprint density at radius 2 is 1.94 bits per heavy atom. The van der Waals surface area contributed by atoms with Crippen molar-refractivity contribution < 1.29 is 19.1 Å². The lowest BCUT2D eigenvalue weighted by Crippen LogP contribution is -2.47. The maximum absolute atomic E-state index is 12.1. The molecule has 0 unspecified atom stereocenters. The largest absolute Gasteiger partial charge is 0.467 e. The van der Waals surface area contributed by atoms with E-state index in [1.54, 1.807) is 26.8 Å². The lowest BCUT2D eigenvalue weighted by molar-refractivity contribution is -0.146. The van der Waals surface area contributed by atoms with Gasteiger partial charge in [0.25, 0.3) is 0 Å². The van der Waals surface area contributed by atoms with Crippen molar-refractivity contribution in [2.45, 2.75) is 51.3 Å². The van der Waals surface area contributed by atoms with Gasteiger partial charge in [0.15, 0.2) is 0 Å². The van der Waals surface area contributed by atoms with E-state index in [-0.39, 0.29) is 6.04 Å². The second-order valence-corrected chi connectivity index (χ2v) is 5.31. The van der Waals surface area contributed by atoms with E-state index in [0.29, 0.717) is 12.8 Å². The van der Waals surface area contributed by atoms with E-state index in [1.807, 2.05) is 0 Å². The summed E-state index contributed by atoms with van der Waals surface area (Å²) in [5, 5.41) is 0. The van der Waals surface area contributed by atoms with Crippen molar-refractivity contribution in [3.8, 4) is 0 Å². The normalized spacial score (nSPS) is 23.7. The summed E-state index contributed by atoms with van der Waals surface area (Å²) in [5.41, 5.74) is -0.591. The van der Waals surface area contributed by atoms with E-state index in [9.17, 15) is 9.59 Å². The van der Waals surface area contributed by atoms with Crippen molar-refractivity contribution in [1.29, 1.82) is 0 Å². The van der Waals surface area contributed by atoms with Gasteiger partial charge in [-0.3, -0.25) is 4.90 Å². The molecule has 0 saturated carbocycles. The van der Waals surface area contributed by atoms with E-state index in [1.165, 1.54) is 12.0 Å². The monoisotopic (exact) mass is 255 g/mol. The van der Waals surface area contributed by atoms with Crippen molar-refractivity contribution in [2.75, 3.05) is 7.11 Å². The standard InChI is InChI=1S/C13H21NO4/c1-6-9-7-8-10(11(15)17-5)14(9)12(16)18-13(2,3)4/h6,9-10H,1,7-8H2,2-5H3/t9-,10+/m1/s1. The van der Waals surface area contributed by atoms with Crippen LogP contribution in [0, 0.1) is 0 Å². The van der Waals surface area contributed by atoms with Gasteiger partial charge >= 0.3 is 12.1 Å². The van der Waals surface area contributed by atoms with E-state index in [2.05, 4.69) is 6.58 Å². The van der Waals surface area contributed by atoms with Crippen LogP contribution < -0.4 is 0 Å². The van der Waals surface area contributed by atoms with Crippen LogP contribution in [0.1, 0.15) is 33.6 Å². The summed E-state index contributed by atoms with van der Waals surface area (Å²) < 4.78 is 10.0. The Bertz CT molecular complexity index is 345. The molecule has 0 radical (unpaired) electrons. The van der Waals surface area contributed by atoms with Gasteiger partial charge in [0.05, 0.1) is 13.2 Å². The van der Waals surface area contributed by atoms with Gasteiger partial charge in [-0.2, -0.15) is 0 Å². The van der Waals surface area contributed by atoms with E-state index < -0.39 is 23.7 Å². The minimum Gasteiger partial charge on any atom is -0.467 e. The van der Waals surface area contributed by atoms with Crippen molar-refractivity contribution >= 4 is 12.1 Å². The van der Waals surface area contributed by atoms with Gasteiger partial charge < -0.3 is 9.47 Å². The Morgan fingerprint density at radius 3 is 2.39 bits per heavy atom. The summed E-state index contributed by atoms with van der Waals surface area (Å²) >= 11 is 0. The third-order valence-electron chi connectivity index (χ3n) is 2.78. The second kappa shape index (κ2) is 5.42. The molecule has 0 N–H and O–H groups in total. The minimum atomic E-state index is -0.591. The highest BCUT2D eigenvalue weighted by Crippen LogP contribution is 2.27. The van der Waals surface area contributed by atoms with Crippen LogP contribution in [0.2, 0.25) is 0 Å². The fourth-order valence-electron chi connectivity index (χ4n) is 2.01. The summed E-state index contributed by atoms with van der Waals surface area (Å²) in [6.45, 7) is 9.06. The topological polar surface area (TPSA) is 55.8 Å². The summed E-state index contributed by atoms with van der Waals surface area (Å²) in [6.07, 6.45) is 2.43. The molecule has 0 aromatic heterocycles. The van der Waals surface area contributed by atoms with Gasteiger partial charge in [-0.1, -0.05) is 6.08 Å². The molecule has 0 aromatic carbocycles. The van der Waals surface area contributed by atoms with Crippen LogP contribution in [0.5, 0.6) is 0 Å². The molecule has 1 rings (SSSR count). The molecule has 1 saturated heterocycles. The number of ether oxygens (including phenoxy) is 2. The van der Waals surface area contributed by atoms with E-state index in [4.69, 9.17) is 9.47 Å². The number of methoxy groups -OCH3 is 1. The number of nitrogens with zero attached hydrogens (tertiary/aromatic N) is 1. The maximum Gasteiger partial charge on any atom is 0.411 e. The first-order valence-electron chi connectivity index (χ1n) is 6.02. The highest BCUT2D eigenvalue weighted by molar-refractivity contribution is 5.82. The molecule has 5 nitrogen and oxygen atoms in total. The van der Waals surface area contributed by atoms with Gasteiger partial charge in [-0.05, 0) is 33.6 Å². The van der Waals surface area contributed by atoms with Gasteiger partial charge in [-0.25, -0.2) is 9.59 Å². The molecule has 102 valence electrons. The molecule has 5 heteroatoms. The smallest absolute Gasteiger partial charge is 0.411 e. The average molecular weight is 255 g/mol. The van der Waals surface area contributed by atoms with Crippen LogP contribution in [0.25, 0.3) is 0 Å². The molecule has 2 atom stereocenters. The van der Waals surface area contributed by atoms with Crippen molar-refractivity contribution in [3.05, 3.63) is 12.7 Å². The number of hydrogen-bond acceptors (Lipinski definition) is 4. The SMILES string of the molecule is C=C[C@@H]1CC[C@@H](C(=O)OC)N1C(=O)OC(C)(C)C. The van der Waals surface area contributed by atoms with Crippen molar-refractivity contribution in [3.63, 3.8) is 0 Å². The first-order chi connectivity index (χ1) is 8.30. The Hall–Kier alpha value is -1.52. The molecule has 0 aromatic rings. The summed E-state index contributed by atoms with van der Waals surface area (Å²) in [7, 11) is 1.32.